The molecule has 21 heavy (non-hydrogen) atoms. The highest BCUT2D eigenvalue weighted by Crippen LogP contribution is 2.26. The average Bonchev–Trinajstić information content (AvgIpc) is 2.89. The monoisotopic (exact) mass is 289 g/mol. The SMILES string of the molecule is CNC(=O)c1ccc(NCc2ccn(C)n2)c([N+](=O)[O-])c1. The highest BCUT2D eigenvalue weighted by atomic mass is 16.6. The summed E-state index contributed by atoms with van der Waals surface area (Å²) in [6, 6.07) is 6.12. The number of amides is 1. The zero-order valence-corrected chi connectivity index (χ0v) is 11.7. The van der Waals surface area contributed by atoms with E-state index in [0.29, 0.717) is 12.2 Å². The number of hydrogen-bond donors (Lipinski definition) is 2. The van der Waals surface area contributed by atoms with Gasteiger partial charge >= 0.3 is 0 Å². The Bertz CT molecular complexity index is 680. The number of benzene rings is 1. The minimum atomic E-state index is -0.521. The highest BCUT2D eigenvalue weighted by Gasteiger charge is 2.17. The molecule has 8 nitrogen and oxygen atoms in total. The van der Waals surface area contributed by atoms with Crippen molar-refractivity contribution in [3.63, 3.8) is 0 Å². The van der Waals surface area contributed by atoms with Crippen molar-refractivity contribution < 1.29 is 9.72 Å². The summed E-state index contributed by atoms with van der Waals surface area (Å²) in [7, 11) is 3.27. The molecule has 1 amide bonds. The highest BCUT2D eigenvalue weighted by molar-refractivity contribution is 5.95. The van der Waals surface area contributed by atoms with Crippen LogP contribution in [0.2, 0.25) is 0 Å². The molecule has 0 bridgehead atoms. The van der Waals surface area contributed by atoms with Crippen molar-refractivity contribution in [2.45, 2.75) is 6.54 Å². The van der Waals surface area contributed by atoms with E-state index < -0.39 is 4.92 Å². The zero-order valence-electron chi connectivity index (χ0n) is 11.7. The minimum Gasteiger partial charge on any atom is -0.374 e. The van der Waals surface area contributed by atoms with Crippen LogP contribution in [0, 0.1) is 10.1 Å². The third-order valence-electron chi connectivity index (χ3n) is 2.91. The van der Waals surface area contributed by atoms with E-state index >= 15 is 0 Å². The molecule has 2 N–H and O–H groups in total. The summed E-state index contributed by atoms with van der Waals surface area (Å²) in [5.74, 6) is -0.366. The van der Waals surface area contributed by atoms with Gasteiger partial charge in [0.25, 0.3) is 11.6 Å². The van der Waals surface area contributed by atoms with E-state index in [9.17, 15) is 14.9 Å². The molecule has 1 heterocycles. The van der Waals surface area contributed by atoms with E-state index in [4.69, 9.17) is 0 Å². The Balaban J connectivity index is 2.22. The zero-order chi connectivity index (χ0) is 15.4. The van der Waals surface area contributed by atoms with Crippen LogP contribution in [0.15, 0.2) is 30.5 Å². The summed E-state index contributed by atoms with van der Waals surface area (Å²) < 4.78 is 1.65. The first kappa shape index (κ1) is 14.5. The van der Waals surface area contributed by atoms with Gasteiger partial charge < -0.3 is 10.6 Å². The Hall–Kier alpha value is -2.90. The molecule has 110 valence electrons. The molecule has 0 spiro atoms. The Morgan fingerprint density at radius 3 is 2.76 bits per heavy atom. The van der Waals surface area contributed by atoms with Crippen LogP contribution in [-0.2, 0) is 13.6 Å². The normalized spacial score (nSPS) is 10.2. The standard InChI is InChI=1S/C13H15N5O3/c1-14-13(19)9-3-4-11(12(7-9)18(20)21)15-8-10-5-6-17(2)16-10/h3-7,15H,8H2,1-2H3,(H,14,19). The van der Waals surface area contributed by atoms with Crippen LogP contribution in [0.4, 0.5) is 11.4 Å². The van der Waals surface area contributed by atoms with Crippen molar-refractivity contribution in [1.82, 2.24) is 15.1 Å². The first-order valence-corrected chi connectivity index (χ1v) is 6.24. The quantitative estimate of drug-likeness (QED) is 0.638. The fourth-order valence-corrected chi connectivity index (χ4v) is 1.86. The molecule has 2 rings (SSSR count). The summed E-state index contributed by atoms with van der Waals surface area (Å²) in [6.07, 6.45) is 1.79. The van der Waals surface area contributed by atoms with Gasteiger partial charge in [0.2, 0.25) is 0 Å². The number of anilines is 1. The van der Waals surface area contributed by atoms with Crippen molar-refractivity contribution >= 4 is 17.3 Å². The van der Waals surface area contributed by atoms with Crippen LogP contribution in [-0.4, -0.2) is 27.7 Å². The van der Waals surface area contributed by atoms with E-state index in [0.717, 1.165) is 5.69 Å². The number of nitrogens with one attached hydrogen (secondary N) is 2. The lowest BCUT2D eigenvalue weighted by Crippen LogP contribution is -2.18. The second-order valence-electron chi connectivity index (χ2n) is 4.40. The summed E-state index contributed by atoms with van der Waals surface area (Å²) in [4.78, 5) is 22.1. The average molecular weight is 289 g/mol. The van der Waals surface area contributed by atoms with E-state index in [2.05, 4.69) is 15.7 Å². The number of rotatable bonds is 5. The van der Waals surface area contributed by atoms with E-state index in [1.54, 1.807) is 17.9 Å². The largest absolute Gasteiger partial charge is 0.374 e. The third-order valence-corrected chi connectivity index (χ3v) is 2.91. The number of hydrogen-bond acceptors (Lipinski definition) is 5. The minimum absolute atomic E-state index is 0.146. The van der Waals surface area contributed by atoms with Gasteiger partial charge in [-0.15, -0.1) is 0 Å². The van der Waals surface area contributed by atoms with Gasteiger partial charge in [0.1, 0.15) is 5.69 Å². The predicted octanol–water partition coefficient (Wildman–Crippen LogP) is 1.30. The van der Waals surface area contributed by atoms with Gasteiger partial charge in [-0.05, 0) is 18.2 Å². The lowest BCUT2D eigenvalue weighted by atomic mass is 10.1. The summed E-state index contributed by atoms with van der Waals surface area (Å²) >= 11 is 0. The van der Waals surface area contributed by atoms with Gasteiger partial charge in [0.15, 0.2) is 0 Å². The molecule has 0 aliphatic carbocycles. The van der Waals surface area contributed by atoms with E-state index in [1.807, 2.05) is 6.07 Å². The molecule has 0 saturated carbocycles. The first-order chi connectivity index (χ1) is 10.0. The number of nitro groups is 1. The number of carbonyl (C=O) groups excluding carboxylic acids is 1. The molecule has 0 radical (unpaired) electrons. The van der Waals surface area contributed by atoms with Crippen LogP contribution in [0.25, 0.3) is 0 Å². The molecule has 1 aromatic carbocycles. The Kier molecular flexibility index (Phi) is 4.17. The number of aromatic nitrogens is 2. The second kappa shape index (κ2) is 6.04. The fraction of sp³-hybridized carbons (Fsp3) is 0.231. The van der Waals surface area contributed by atoms with Crippen LogP contribution < -0.4 is 10.6 Å². The van der Waals surface area contributed by atoms with Gasteiger partial charge in [-0.25, -0.2) is 0 Å². The third kappa shape index (κ3) is 3.35. The van der Waals surface area contributed by atoms with Crippen LogP contribution in [0.3, 0.4) is 0 Å². The molecule has 0 aliphatic heterocycles. The molecule has 8 heteroatoms. The van der Waals surface area contributed by atoms with Crippen molar-refractivity contribution in [3.8, 4) is 0 Å². The predicted molar refractivity (Wildman–Crippen MR) is 77.0 cm³/mol. The van der Waals surface area contributed by atoms with Gasteiger partial charge in [-0.3, -0.25) is 19.6 Å². The van der Waals surface area contributed by atoms with Crippen molar-refractivity contribution in [1.29, 1.82) is 0 Å². The molecule has 1 aromatic heterocycles. The van der Waals surface area contributed by atoms with Gasteiger partial charge in [-0.2, -0.15) is 5.10 Å². The summed E-state index contributed by atoms with van der Waals surface area (Å²) in [5.41, 5.74) is 1.21. The van der Waals surface area contributed by atoms with Gasteiger partial charge in [0, 0.05) is 31.9 Å². The molecule has 2 aromatic rings. The number of nitrogens with zero attached hydrogens (tertiary/aromatic N) is 3. The Morgan fingerprint density at radius 2 is 2.19 bits per heavy atom. The van der Waals surface area contributed by atoms with E-state index in [1.165, 1.54) is 25.2 Å². The molecular formula is C13H15N5O3. The maximum absolute atomic E-state index is 11.5. The Morgan fingerprint density at radius 1 is 1.43 bits per heavy atom. The number of nitro benzene ring substituents is 1. The fourth-order valence-electron chi connectivity index (χ4n) is 1.86. The molecule has 0 unspecified atom stereocenters. The van der Waals surface area contributed by atoms with Crippen molar-refractivity contribution in [2.75, 3.05) is 12.4 Å². The van der Waals surface area contributed by atoms with Crippen LogP contribution >= 0.6 is 0 Å². The molecule has 0 fully saturated rings. The number of carbonyl (C=O) groups is 1. The lowest BCUT2D eigenvalue weighted by molar-refractivity contribution is -0.384. The van der Waals surface area contributed by atoms with E-state index in [-0.39, 0.29) is 17.2 Å². The maximum Gasteiger partial charge on any atom is 0.293 e. The lowest BCUT2D eigenvalue weighted by Gasteiger charge is -2.07. The Labute approximate surface area is 120 Å². The smallest absolute Gasteiger partial charge is 0.293 e. The topological polar surface area (TPSA) is 102 Å². The van der Waals surface area contributed by atoms with Crippen LogP contribution in [0.1, 0.15) is 16.1 Å². The van der Waals surface area contributed by atoms with Gasteiger partial charge in [0.05, 0.1) is 17.2 Å². The molecule has 0 aliphatic rings. The molecule has 0 saturated heterocycles. The first-order valence-electron chi connectivity index (χ1n) is 6.24. The van der Waals surface area contributed by atoms with Gasteiger partial charge in [-0.1, -0.05) is 0 Å². The van der Waals surface area contributed by atoms with Crippen molar-refractivity contribution in [2.24, 2.45) is 7.05 Å². The van der Waals surface area contributed by atoms with Crippen LogP contribution in [0.5, 0.6) is 0 Å². The molecular weight excluding hydrogens is 274 g/mol. The maximum atomic E-state index is 11.5. The summed E-state index contributed by atoms with van der Waals surface area (Å²) in [5, 5.41) is 20.7. The second-order valence-corrected chi connectivity index (χ2v) is 4.40. The molecule has 0 atom stereocenters. The van der Waals surface area contributed by atoms with Crippen molar-refractivity contribution in [3.05, 3.63) is 51.8 Å². The number of aryl methyl sites for hydroxylation is 1. The summed E-state index contributed by atoms with van der Waals surface area (Å²) in [6.45, 7) is 0.362.